The summed E-state index contributed by atoms with van der Waals surface area (Å²) in [5.41, 5.74) is 0.439. The fourth-order valence-electron chi connectivity index (χ4n) is 1.81. The van der Waals surface area contributed by atoms with Gasteiger partial charge in [0.2, 0.25) is 5.91 Å². The van der Waals surface area contributed by atoms with Crippen molar-refractivity contribution in [1.82, 2.24) is 4.98 Å². The number of pyridine rings is 1. The van der Waals surface area contributed by atoms with Crippen LogP contribution in [0.2, 0.25) is 5.02 Å². The van der Waals surface area contributed by atoms with Crippen LogP contribution in [0.5, 0.6) is 0 Å². The van der Waals surface area contributed by atoms with Gasteiger partial charge in [-0.25, -0.2) is 9.37 Å². The van der Waals surface area contributed by atoms with Crippen molar-refractivity contribution in [3.05, 3.63) is 17.3 Å². The Hall–Kier alpha value is -1.07. The Bertz CT molecular complexity index is 458. The van der Waals surface area contributed by atoms with Crippen LogP contribution in [0.1, 0.15) is 6.42 Å². The molecule has 98 valence electrons. The molecule has 0 aromatic carbocycles. The summed E-state index contributed by atoms with van der Waals surface area (Å²) in [5, 5.41) is 2.90. The van der Waals surface area contributed by atoms with E-state index < -0.39 is 6.17 Å². The second-order valence-electron chi connectivity index (χ2n) is 4.04. The minimum Gasteiger partial charge on any atom is -0.354 e. The van der Waals surface area contributed by atoms with Gasteiger partial charge in [0.05, 0.1) is 23.5 Å². The van der Waals surface area contributed by atoms with Gasteiger partial charge in [0, 0.05) is 12.6 Å². The van der Waals surface area contributed by atoms with Gasteiger partial charge < -0.3 is 10.2 Å². The zero-order valence-electron chi connectivity index (χ0n) is 9.50. The van der Waals surface area contributed by atoms with Crippen molar-refractivity contribution in [2.75, 3.05) is 29.2 Å². The number of anilines is 2. The number of nitrogens with one attached hydrogen (secondary N) is 1. The molecular formula is C11H12Cl2FN3O. The summed E-state index contributed by atoms with van der Waals surface area (Å²) >= 11 is 11.3. The Kier molecular flexibility index (Phi) is 4.24. The average molecular weight is 292 g/mol. The second kappa shape index (κ2) is 5.71. The summed E-state index contributed by atoms with van der Waals surface area (Å²) in [7, 11) is 0. The number of rotatable bonds is 3. The molecule has 1 aromatic rings. The molecule has 1 fully saturated rings. The van der Waals surface area contributed by atoms with E-state index >= 15 is 0 Å². The highest BCUT2D eigenvalue weighted by atomic mass is 35.5. The predicted octanol–water partition coefficient (Wildman–Crippen LogP) is 2.46. The first-order chi connectivity index (χ1) is 8.60. The number of carbonyl (C=O) groups excluding carboxylic acids is 1. The predicted molar refractivity (Wildman–Crippen MR) is 70.3 cm³/mol. The van der Waals surface area contributed by atoms with Crippen molar-refractivity contribution >= 4 is 40.6 Å². The molecule has 1 unspecified atom stereocenters. The molecule has 2 rings (SSSR count). The molecule has 4 nitrogen and oxygen atoms in total. The van der Waals surface area contributed by atoms with Crippen LogP contribution in [0.3, 0.4) is 0 Å². The average Bonchev–Trinajstić information content (AvgIpc) is 2.78. The monoisotopic (exact) mass is 291 g/mol. The normalized spacial score (nSPS) is 19.1. The summed E-state index contributed by atoms with van der Waals surface area (Å²) in [5.74, 6) is 0.106. The van der Waals surface area contributed by atoms with Crippen LogP contribution in [0.15, 0.2) is 12.3 Å². The standard InChI is InChI=1S/C11H12Cl2FN3O/c12-4-11(18)16-9-3-10(15-5-8(9)13)17-2-1-7(14)6-17/h3,5,7H,1-2,4,6H2,(H,15,16,18). The number of halogens is 3. The van der Waals surface area contributed by atoms with E-state index in [9.17, 15) is 9.18 Å². The van der Waals surface area contributed by atoms with E-state index in [1.165, 1.54) is 6.20 Å². The fraction of sp³-hybridized carbons (Fsp3) is 0.455. The highest BCUT2D eigenvalue weighted by molar-refractivity contribution is 6.34. The Morgan fingerprint density at radius 3 is 3.06 bits per heavy atom. The molecular weight excluding hydrogens is 280 g/mol. The van der Waals surface area contributed by atoms with Crippen LogP contribution in [0.25, 0.3) is 0 Å². The smallest absolute Gasteiger partial charge is 0.239 e. The highest BCUT2D eigenvalue weighted by Crippen LogP contribution is 2.27. The van der Waals surface area contributed by atoms with Crippen molar-refractivity contribution in [3.8, 4) is 0 Å². The molecule has 7 heteroatoms. The van der Waals surface area contributed by atoms with E-state index in [0.717, 1.165) is 0 Å². The van der Waals surface area contributed by atoms with Crippen molar-refractivity contribution in [1.29, 1.82) is 0 Å². The summed E-state index contributed by atoms with van der Waals surface area (Å²) in [6, 6.07) is 1.63. The topological polar surface area (TPSA) is 45.2 Å². The van der Waals surface area contributed by atoms with Crippen LogP contribution < -0.4 is 10.2 Å². The quantitative estimate of drug-likeness (QED) is 0.870. The number of nitrogens with zero attached hydrogens (tertiary/aromatic N) is 2. The van der Waals surface area contributed by atoms with Crippen molar-refractivity contribution < 1.29 is 9.18 Å². The molecule has 0 aliphatic carbocycles. The van der Waals surface area contributed by atoms with Crippen LogP contribution in [0.4, 0.5) is 15.9 Å². The minimum absolute atomic E-state index is 0.149. The lowest BCUT2D eigenvalue weighted by atomic mass is 10.3. The van der Waals surface area contributed by atoms with Gasteiger partial charge in [-0.05, 0) is 6.42 Å². The molecule has 2 heterocycles. The van der Waals surface area contributed by atoms with Gasteiger partial charge >= 0.3 is 0 Å². The first-order valence-electron chi connectivity index (χ1n) is 5.50. The molecule has 1 aliphatic rings. The lowest BCUT2D eigenvalue weighted by Crippen LogP contribution is -2.21. The van der Waals surface area contributed by atoms with Crippen LogP contribution in [-0.4, -0.2) is 36.0 Å². The molecule has 0 radical (unpaired) electrons. The third-order valence-electron chi connectivity index (χ3n) is 2.69. The van der Waals surface area contributed by atoms with E-state index in [2.05, 4.69) is 10.3 Å². The summed E-state index contributed by atoms with van der Waals surface area (Å²) in [4.78, 5) is 17.2. The number of carbonyl (C=O) groups is 1. The zero-order valence-corrected chi connectivity index (χ0v) is 11.0. The molecule has 0 bridgehead atoms. The van der Waals surface area contributed by atoms with Gasteiger partial charge in [0.15, 0.2) is 0 Å². The maximum atomic E-state index is 13.1. The first kappa shape index (κ1) is 13.4. The second-order valence-corrected chi connectivity index (χ2v) is 4.71. The first-order valence-corrected chi connectivity index (χ1v) is 6.42. The van der Waals surface area contributed by atoms with E-state index in [0.29, 0.717) is 36.0 Å². The Labute approximate surface area is 114 Å². The maximum absolute atomic E-state index is 13.1. The fourth-order valence-corrected chi connectivity index (χ4v) is 2.02. The highest BCUT2D eigenvalue weighted by Gasteiger charge is 2.23. The largest absolute Gasteiger partial charge is 0.354 e. The Morgan fingerprint density at radius 1 is 1.67 bits per heavy atom. The summed E-state index contributed by atoms with van der Waals surface area (Å²) in [6.45, 7) is 0.927. The molecule has 1 amide bonds. The maximum Gasteiger partial charge on any atom is 0.239 e. The van der Waals surface area contributed by atoms with Crippen LogP contribution >= 0.6 is 23.2 Å². The van der Waals surface area contributed by atoms with Gasteiger partial charge in [0.25, 0.3) is 0 Å². The lowest BCUT2D eigenvalue weighted by molar-refractivity contribution is -0.113. The minimum atomic E-state index is -0.830. The molecule has 1 saturated heterocycles. The summed E-state index contributed by atoms with van der Waals surface area (Å²) in [6.07, 6.45) is 1.10. The van der Waals surface area contributed by atoms with Crippen molar-refractivity contribution in [2.45, 2.75) is 12.6 Å². The van der Waals surface area contributed by atoms with E-state index in [1.807, 2.05) is 4.90 Å². The van der Waals surface area contributed by atoms with Crippen LogP contribution in [-0.2, 0) is 4.79 Å². The Balaban J connectivity index is 2.18. The summed E-state index contributed by atoms with van der Waals surface area (Å²) < 4.78 is 13.1. The van der Waals surface area contributed by atoms with Gasteiger partial charge in [-0.2, -0.15) is 0 Å². The third kappa shape index (κ3) is 3.03. The number of aromatic nitrogens is 1. The van der Waals surface area contributed by atoms with E-state index in [1.54, 1.807) is 6.07 Å². The van der Waals surface area contributed by atoms with Gasteiger partial charge in [-0.1, -0.05) is 11.6 Å². The molecule has 1 aliphatic heterocycles. The lowest BCUT2D eigenvalue weighted by Gasteiger charge is -2.17. The number of hydrogen-bond acceptors (Lipinski definition) is 3. The van der Waals surface area contributed by atoms with Crippen molar-refractivity contribution in [2.24, 2.45) is 0 Å². The third-order valence-corrected chi connectivity index (χ3v) is 3.24. The zero-order chi connectivity index (χ0) is 13.1. The van der Waals surface area contributed by atoms with Crippen molar-refractivity contribution in [3.63, 3.8) is 0 Å². The van der Waals surface area contributed by atoms with E-state index in [4.69, 9.17) is 23.2 Å². The van der Waals surface area contributed by atoms with Gasteiger partial charge in [0.1, 0.15) is 17.9 Å². The van der Waals surface area contributed by atoms with Gasteiger partial charge in [-0.15, -0.1) is 11.6 Å². The SMILES string of the molecule is O=C(CCl)Nc1cc(N2CCC(F)C2)ncc1Cl. The molecule has 18 heavy (non-hydrogen) atoms. The van der Waals surface area contributed by atoms with E-state index in [-0.39, 0.29) is 11.8 Å². The van der Waals surface area contributed by atoms with Crippen LogP contribution in [0, 0.1) is 0 Å². The molecule has 0 saturated carbocycles. The Morgan fingerprint density at radius 2 is 2.44 bits per heavy atom. The number of amides is 1. The number of hydrogen-bond donors (Lipinski definition) is 1. The van der Waals surface area contributed by atoms with Gasteiger partial charge in [-0.3, -0.25) is 4.79 Å². The molecule has 1 atom stereocenters. The molecule has 1 N–H and O–H groups in total. The number of alkyl halides is 2. The molecule has 1 aromatic heterocycles. The molecule has 0 spiro atoms.